The summed E-state index contributed by atoms with van der Waals surface area (Å²) in [5, 5.41) is 9.49. The van der Waals surface area contributed by atoms with Crippen molar-refractivity contribution < 1.29 is 13.9 Å². The quantitative estimate of drug-likeness (QED) is 0.912. The highest BCUT2D eigenvalue weighted by atomic mass is 16.5. The Hall–Kier alpha value is -3.20. The Morgan fingerprint density at radius 3 is 2.78 bits per heavy atom. The van der Waals surface area contributed by atoms with E-state index in [0.29, 0.717) is 22.8 Å². The summed E-state index contributed by atoms with van der Waals surface area (Å²) in [5.41, 5.74) is 6.37. The molecule has 0 bridgehead atoms. The highest BCUT2D eigenvalue weighted by Gasteiger charge is 2.35. The van der Waals surface area contributed by atoms with Crippen LogP contribution >= 0.6 is 0 Å². The average molecular weight is 310 g/mol. The fraction of sp³-hybridized carbons (Fsp3) is 0.176. The lowest BCUT2D eigenvalue weighted by molar-refractivity contribution is 0.367. The minimum absolute atomic E-state index is 0.0269. The molecule has 0 radical (unpaired) electrons. The molecule has 3 rings (SSSR count). The Bertz CT molecular complexity index is 906. The number of hydrogen-bond donors (Lipinski definition) is 1. The monoisotopic (exact) mass is 310 g/mol. The molecule has 116 valence electrons. The predicted molar refractivity (Wildman–Crippen MR) is 82.0 cm³/mol. The van der Waals surface area contributed by atoms with Gasteiger partial charge in [0.1, 0.15) is 28.9 Å². The third kappa shape index (κ3) is 2.32. The number of nitrogens with zero attached hydrogens (tertiary/aromatic N) is 1. The van der Waals surface area contributed by atoms with Gasteiger partial charge < -0.3 is 19.6 Å². The van der Waals surface area contributed by atoms with Gasteiger partial charge in [0.05, 0.1) is 18.6 Å². The van der Waals surface area contributed by atoms with Gasteiger partial charge in [0, 0.05) is 11.6 Å². The maximum atomic E-state index is 12.4. The van der Waals surface area contributed by atoms with Crippen LogP contribution in [-0.2, 0) is 0 Å². The molecule has 1 aliphatic rings. The van der Waals surface area contributed by atoms with Crippen LogP contribution in [0.2, 0.25) is 0 Å². The molecule has 2 N–H and O–H groups in total. The third-order valence-electron chi connectivity index (χ3n) is 3.71. The van der Waals surface area contributed by atoms with Crippen LogP contribution in [0.1, 0.15) is 22.8 Å². The first kappa shape index (κ1) is 14.7. The van der Waals surface area contributed by atoms with Crippen LogP contribution in [-0.4, -0.2) is 7.11 Å². The van der Waals surface area contributed by atoms with E-state index in [9.17, 15) is 10.1 Å². The van der Waals surface area contributed by atoms with Crippen LogP contribution in [0.15, 0.2) is 51.0 Å². The van der Waals surface area contributed by atoms with Crippen LogP contribution in [0.5, 0.6) is 11.5 Å². The van der Waals surface area contributed by atoms with Crippen molar-refractivity contribution in [1.82, 2.24) is 0 Å². The predicted octanol–water partition coefficient (Wildman–Crippen LogP) is 2.17. The van der Waals surface area contributed by atoms with Gasteiger partial charge in [-0.05, 0) is 13.0 Å². The second kappa shape index (κ2) is 5.54. The molecule has 1 aromatic carbocycles. The van der Waals surface area contributed by atoms with Gasteiger partial charge in [-0.2, -0.15) is 5.26 Å². The van der Waals surface area contributed by atoms with Gasteiger partial charge in [-0.25, -0.2) is 4.79 Å². The number of benzene rings is 1. The smallest absolute Gasteiger partial charge is 0.343 e. The zero-order valence-electron chi connectivity index (χ0n) is 12.6. The Morgan fingerprint density at radius 1 is 1.35 bits per heavy atom. The molecule has 0 saturated carbocycles. The zero-order valence-corrected chi connectivity index (χ0v) is 12.6. The number of methoxy groups -OCH3 is 1. The lowest BCUT2D eigenvalue weighted by atomic mass is 9.84. The van der Waals surface area contributed by atoms with Crippen molar-refractivity contribution in [3.63, 3.8) is 0 Å². The summed E-state index contributed by atoms with van der Waals surface area (Å²) < 4.78 is 16.0. The van der Waals surface area contributed by atoms with E-state index in [1.165, 1.54) is 7.11 Å². The molecular weight excluding hydrogens is 296 g/mol. The van der Waals surface area contributed by atoms with Crippen molar-refractivity contribution in [3.05, 3.63) is 69.1 Å². The molecule has 1 aromatic heterocycles. The highest BCUT2D eigenvalue weighted by molar-refractivity contribution is 5.57. The summed E-state index contributed by atoms with van der Waals surface area (Å²) >= 11 is 0. The molecule has 6 heteroatoms. The molecule has 0 spiro atoms. The van der Waals surface area contributed by atoms with E-state index in [0.717, 1.165) is 0 Å². The molecule has 0 unspecified atom stereocenters. The van der Waals surface area contributed by atoms with Crippen molar-refractivity contribution in [3.8, 4) is 17.6 Å². The maximum absolute atomic E-state index is 12.4. The van der Waals surface area contributed by atoms with Crippen molar-refractivity contribution in [2.75, 3.05) is 7.11 Å². The molecule has 1 aliphatic heterocycles. The molecule has 0 amide bonds. The van der Waals surface area contributed by atoms with Crippen LogP contribution in [0.25, 0.3) is 0 Å². The average Bonchev–Trinajstić information content (AvgIpc) is 2.53. The Balaban J connectivity index is 2.35. The van der Waals surface area contributed by atoms with Crippen molar-refractivity contribution >= 4 is 0 Å². The van der Waals surface area contributed by atoms with Crippen molar-refractivity contribution in [1.29, 1.82) is 5.26 Å². The molecule has 6 nitrogen and oxygen atoms in total. The largest absolute Gasteiger partial charge is 0.496 e. The lowest BCUT2D eigenvalue weighted by Gasteiger charge is -2.26. The van der Waals surface area contributed by atoms with E-state index >= 15 is 0 Å². The fourth-order valence-corrected chi connectivity index (χ4v) is 2.73. The van der Waals surface area contributed by atoms with Gasteiger partial charge in [-0.1, -0.05) is 18.2 Å². The normalized spacial score (nSPS) is 16.3. The summed E-state index contributed by atoms with van der Waals surface area (Å²) in [4.78, 5) is 12.4. The maximum Gasteiger partial charge on any atom is 0.343 e. The second-order valence-electron chi connectivity index (χ2n) is 5.09. The van der Waals surface area contributed by atoms with E-state index in [4.69, 9.17) is 19.6 Å². The molecule has 0 saturated heterocycles. The standard InChI is InChI=1S/C17H14N2O4/c1-9-7-13-15(17(20)22-9)14(11(8-18)16(19)23-13)10-5-3-4-6-12(10)21-2/h3-7,14H,19H2,1-2H3/t14-/m0/s1. The second-order valence-corrected chi connectivity index (χ2v) is 5.09. The van der Waals surface area contributed by atoms with E-state index in [1.54, 1.807) is 37.3 Å². The van der Waals surface area contributed by atoms with Gasteiger partial charge in [-0.3, -0.25) is 0 Å². The summed E-state index contributed by atoms with van der Waals surface area (Å²) in [6, 6.07) is 10.8. The number of ether oxygens (including phenoxy) is 2. The fourth-order valence-electron chi connectivity index (χ4n) is 2.73. The molecule has 0 aliphatic carbocycles. The number of nitriles is 1. The van der Waals surface area contributed by atoms with E-state index < -0.39 is 11.5 Å². The Morgan fingerprint density at radius 2 is 2.09 bits per heavy atom. The van der Waals surface area contributed by atoms with E-state index in [-0.39, 0.29) is 17.0 Å². The van der Waals surface area contributed by atoms with Gasteiger partial charge in [0.25, 0.3) is 0 Å². The van der Waals surface area contributed by atoms with E-state index in [1.807, 2.05) is 6.07 Å². The summed E-state index contributed by atoms with van der Waals surface area (Å²) in [6.07, 6.45) is 0. The minimum atomic E-state index is -0.697. The Labute approximate surface area is 132 Å². The zero-order chi connectivity index (χ0) is 16.6. The van der Waals surface area contributed by atoms with Gasteiger partial charge in [0.2, 0.25) is 5.88 Å². The number of rotatable bonds is 2. The van der Waals surface area contributed by atoms with Gasteiger partial charge >= 0.3 is 5.63 Å². The minimum Gasteiger partial charge on any atom is -0.496 e. The number of nitrogens with two attached hydrogens (primary N) is 1. The third-order valence-corrected chi connectivity index (χ3v) is 3.71. The summed E-state index contributed by atoms with van der Waals surface area (Å²) in [6.45, 7) is 1.64. The van der Waals surface area contributed by atoms with Crippen LogP contribution in [0.3, 0.4) is 0 Å². The molecular formula is C17H14N2O4. The molecule has 23 heavy (non-hydrogen) atoms. The van der Waals surface area contributed by atoms with E-state index in [2.05, 4.69) is 0 Å². The van der Waals surface area contributed by atoms with Crippen LogP contribution in [0, 0.1) is 18.3 Å². The van der Waals surface area contributed by atoms with Crippen molar-refractivity contribution in [2.45, 2.75) is 12.8 Å². The first-order valence-corrected chi connectivity index (χ1v) is 6.92. The first-order chi connectivity index (χ1) is 11.1. The van der Waals surface area contributed by atoms with Gasteiger partial charge in [0.15, 0.2) is 0 Å². The summed E-state index contributed by atoms with van der Waals surface area (Å²) in [7, 11) is 1.52. The number of allylic oxidation sites excluding steroid dienone is 1. The number of aryl methyl sites for hydroxylation is 1. The topological polar surface area (TPSA) is 98.5 Å². The first-order valence-electron chi connectivity index (χ1n) is 6.92. The number of hydrogen-bond acceptors (Lipinski definition) is 6. The number of fused-ring (bicyclic) bond motifs is 1. The molecule has 1 atom stereocenters. The number of para-hydroxylation sites is 1. The van der Waals surface area contributed by atoms with Crippen LogP contribution in [0.4, 0.5) is 0 Å². The van der Waals surface area contributed by atoms with Gasteiger partial charge in [-0.15, -0.1) is 0 Å². The highest BCUT2D eigenvalue weighted by Crippen LogP contribution is 2.43. The molecule has 0 fully saturated rings. The lowest BCUT2D eigenvalue weighted by Crippen LogP contribution is -2.26. The van der Waals surface area contributed by atoms with Crippen molar-refractivity contribution in [2.24, 2.45) is 5.73 Å². The summed E-state index contributed by atoms with van der Waals surface area (Å²) in [5.74, 6) is 0.524. The molecule has 2 aromatic rings. The Kier molecular flexibility index (Phi) is 3.54. The SMILES string of the molecule is COc1ccccc1[C@H]1C(C#N)=C(N)Oc2cc(C)oc(=O)c21. The van der Waals surface area contributed by atoms with Crippen LogP contribution < -0.4 is 20.8 Å². The molecule has 2 heterocycles.